The Morgan fingerprint density at radius 3 is 1.92 bits per heavy atom. The molecule has 0 spiro atoms. The van der Waals surface area contributed by atoms with Gasteiger partial charge in [0, 0.05) is 34.5 Å². The summed E-state index contributed by atoms with van der Waals surface area (Å²) in [6.45, 7) is 7.57. The second kappa shape index (κ2) is 14.7. The van der Waals surface area contributed by atoms with Gasteiger partial charge in [-0.05, 0) is 92.0 Å². The number of methoxy groups -OCH3 is 2. The van der Waals surface area contributed by atoms with Crippen LogP contribution in [-0.4, -0.2) is 92.1 Å². The van der Waals surface area contributed by atoms with Gasteiger partial charge in [-0.1, -0.05) is 45.6 Å². The van der Waals surface area contributed by atoms with Gasteiger partial charge >= 0.3 is 12.2 Å². The molecule has 2 aliphatic heterocycles. The highest BCUT2D eigenvalue weighted by atomic mass is 19.1. The third kappa shape index (κ3) is 6.95. The van der Waals surface area contributed by atoms with Crippen molar-refractivity contribution in [2.75, 3.05) is 14.2 Å². The zero-order chi connectivity index (χ0) is 41.4. The van der Waals surface area contributed by atoms with Crippen LogP contribution in [0.25, 0.3) is 22.3 Å². The smallest absolute Gasteiger partial charge is 0.407 e. The Balaban J connectivity index is 0.929. The number of carbonyl (C=O) groups excluding carboxylic acids is 4. The number of likely N-dealkylation sites (tertiary alicyclic amines) is 2. The van der Waals surface area contributed by atoms with Crippen LogP contribution < -0.4 is 10.6 Å². The second-order valence-corrected chi connectivity index (χ2v) is 17.4. The van der Waals surface area contributed by atoms with Crippen LogP contribution in [0, 0.1) is 41.3 Å². The zero-order valence-electron chi connectivity index (χ0n) is 34.0. The molecular formula is C44H49FN8O6. The van der Waals surface area contributed by atoms with E-state index in [4.69, 9.17) is 14.5 Å². The van der Waals surface area contributed by atoms with Crippen molar-refractivity contribution in [3.8, 4) is 23.1 Å². The number of hydrogen-bond acceptors (Lipinski definition) is 8. The minimum atomic E-state index is -0.762. The molecule has 2 aromatic heterocycles. The lowest BCUT2D eigenvalue weighted by Crippen LogP contribution is -2.52. The van der Waals surface area contributed by atoms with Gasteiger partial charge in [0.2, 0.25) is 11.8 Å². The summed E-state index contributed by atoms with van der Waals surface area (Å²) in [6.07, 6.45) is 3.65. The number of rotatable bonds is 8. The van der Waals surface area contributed by atoms with Crippen molar-refractivity contribution >= 4 is 35.0 Å². The van der Waals surface area contributed by atoms with Crippen molar-refractivity contribution in [2.24, 2.45) is 23.7 Å². The number of aryl methyl sites for hydroxylation is 2. The van der Waals surface area contributed by atoms with Crippen molar-refractivity contribution in [1.82, 2.24) is 40.4 Å². The van der Waals surface area contributed by atoms with Crippen LogP contribution in [0.1, 0.15) is 99.5 Å². The quantitative estimate of drug-likeness (QED) is 0.165. The Labute approximate surface area is 341 Å². The van der Waals surface area contributed by atoms with Gasteiger partial charge in [0.1, 0.15) is 29.2 Å². The van der Waals surface area contributed by atoms with E-state index >= 15 is 4.39 Å². The Kier molecular flexibility index (Phi) is 9.63. The Hall–Kier alpha value is -5.91. The van der Waals surface area contributed by atoms with Crippen LogP contribution >= 0.6 is 0 Å². The standard InChI is InChI=1S/C44H49FN8O6/c1-20(2)35(50-43(56)58-5)41(54)52-31-16-25(31)18-33(52)39-46-29-12-10-24-13-22(9-11-27(24)37(29)48-39)7-8-23-14-28(45)38-30(15-23)47-40(49-38)34-19-26-17-32(26)53(34)42(55)36(21(3)4)51-44(57)59-6/h9,11,13-15,20-21,25-26,31-36H,10,12,16-19H2,1-6H3,(H,46,48)(H,47,49)(H,50,56)(H,51,57)/t25-,26-,31-,32-,33+,34+,35+,36+/m1/s1. The van der Waals surface area contributed by atoms with E-state index in [0.29, 0.717) is 35.2 Å². The minimum Gasteiger partial charge on any atom is -0.453 e. The molecule has 5 aliphatic rings. The fourth-order valence-electron chi connectivity index (χ4n) is 9.58. The summed E-state index contributed by atoms with van der Waals surface area (Å²) in [6, 6.07) is 7.38. The maximum absolute atomic E-state index is 15.6. The number of aromatic nitrogens is 4. The fraction of sp³-hybridized carbons (Fsp3) is 0.500. The topological polar surface area (TPSA) is 175 Å². The molecule has 9 rings (SSSR count). The average Bonchev–Trinajstić information content (AvgIpc) is 3.86. The summed E-state index contributed by atoms with van der Waals surface area (Å²) >= 11 is 0. The Bertz CT molecular complexity index is 2450. The second-order valence-electron chi connectivity index (χ2n) is 17.4. The van der Waals surface area contributed by atoms with E-state index in [1.165, 1.54) is 20.3 Å². The maximum atomic E-state index is 15.6. The monoisotopic (exact) mass is 804 g/mol. The van der Waals surface area contributed by atoms with E-state index in [2.05, 4.69) is 43.5 Å². The number of benzene rings is 2. The van der Waals surface area contributed by atoms with E-state index < -0.39 is 30.1 Å². The molecule has 0 radical (unpaired) electrons. The van der Waals surface area contributed by atoms with Crippen LogP contribution in [0.15, 0.2) is 30.3 Å². The summed E-state index contributed by atoms with van der Waals surface area (Å²) in [4.78, 5) is 72.2. The number of piperidine rings is 2. The lowest BCUT2D eigenvalue weighted by atomic mass is 9.91. The van der Waals surface area contributed by atoms with Crippen molar-refractivity contribution < 1.29 is 33.0 Å². The predicted molar refractivity (Wildman–Crippen MR) is 214 cm³/mol. The Morgan fingerprint density at radius 2 is 1.34 bits per heavy atom. The van der Waals surface area contributed by atoms with Crippen molar-refractivity contribution in [2.45, 2.75) is 102 Å². The number of amides is 4. The number of fused-ring (bicyclic) bond motifs is 6. The third-order valence-corrected chi connectivity index (χ3v) is 12.8. The van der Waals surface area contributed by atoms with E-state index in [0.717, 1.165) is 66.0 Å². The molecule has 2 saturated carbocycles. The first-order chi connectivity index (χ1) is 28.3. The minimum absolute atomic E-state index is 0.0608. The van der Waals surface area contributed by atoms with Gasteiger partial charge in [-0.25, -0.2) is 23.9 Å². The van der Waals surface area contributed by atoms with Crippen LogP contribution in [-0.2, 0) is 31.9 Å². The third-order valence-electron chi connectivity index (χ3n) is 12.8. The largest absolute Gasteiger partial charge is 0.453 e. The number of imidazole rings is 2. The lowest BCUT2D eigenvalue weighted by Gasteiger charge is -2.31. The van der Waals surface area contributed by atoms with Crippen molar-refractivity contribution in [3.63, 3.8) is 0 Å². The number of aromatic amines is 2. The fourth-order valence-corrected chi connectivity index (χ4v) is 9.58. The van der Waals surface area contributed by atoms with Gasteiger partial charge in [0.15, 0.2) is 5.82 Å². The molecule has 2 saturated heterocycles. The predicted octanol–water partition coefficient (Wildman–Crippen LogP) is 5.68. The molecule has 4 amide bonds. The zero-order valence-corrected chi connectivity index (χ0v) is 34.0. The molecule has 59 heavy (non-hydrogen) atoms. The number of H-pyrrole nitrogens is 2. The van der Waals surface area contributed by atoms with Crippen molar-refractivity contribution in [3.05, 3.63) is 70.2 Å². The molecule has 3 aliphatic carbocycles. The van der Waals surface area contributed by atoms with E-state index in [9.17, 15) is 19.2 Å². The molecule has 4 heterocycles. The summed E-state index contributed by atoms with van der Waals surface area (Å²) < 4.78 is 25.2. The highest BCUT2D eigenvalue weighted by Crippen LogP contribution is 2.55. The van der Waals surface area contributed by atoms with Crippen LogP contribution in [0.3, 0.4) is 0 Å². The number of carbonyl (C=O) groups is 4. The van der Waals surface area contributed by atoms with E-state index in [-0.39, 0.29) is 53.3 Å². The van der Waals surface area contributed by atoms with Crippen LogP contribution in [0.5, 0.6) is 0 Å². The van der Waals surface area contributed by atoms with Crippen molar-refractivity contribution in [1.29, 1.82) is 0 Å². The summed E-state index contributed by atoms with van der Waals surface area (Å²) in [5, 5.41) is 5.43. The van der Waals surface area contributed by atoms with Crippen LogP contribution in [0.4, 0.5) is 14.0 Å². The first-order valence-corrected chi connectivity index (χ1v) is 20.6. The van der Waals surface area contributed by atoms with Gasteiger partial charge in [0.05, 0.1) is 37.5 Å². The van der Waals surface area contributed by atoms with E-state index in [1.807, 2.05) is 49.6 Å². The van der Waals surface area contributed by atoms with Crippen LogP contribution in [0.2, 0.25) is 0 Å². The van der Waals surface area contributed by atoms with E-state index in [1.54, 1.807) is 6.07 Å². The number of alkyl carbamates (subject to hydrolysis) is 2. The molecule has 0 unspecified atom stereocenters. The molecule has 14 nitrogen and oxygen atoms in total. The number of halogens is 1. The summed E-state index contributed by atoms with van der Waals surface area (Å²) in [5.74, 6) is 7.31. The Morgan fingerprint density at radius 1 is 0.763 bits per heavy atom. The highest BCUT2D eigenvalue weighted by molar-refractivity contribution is 5.88. The molecule has 308 valence electrons. The molecular weight excluding hydrogens is 756 g/mol. The van der Waals surface area contributed by atoms with Gasteiger partial charge in [-0.15, -0.1) is 0 Å². The molecule has 4 aromatic rings. The number of nitrogens with one attached hydrogen (secondary N) is 4. The van der Waals surface area contributed by atoms with Gasteiger partial charge in [-0.2, -0.15) is 0 Å². The SMILES string of the molecule is COC(=O)N[C@H](C(=O)N1[C@@H]2C[C@@H]2C[C@H]1c1nc2c([nH]1)CCc1cc(C#Cc3cc(F)c4nc([C@@H]5C[C@H]6C[C@H]6N5C(=O)[C@@H](NC(=O)OC)C(C)C)[nH]c4c3)ccc1-2)C(C)C. The van der Waals surface area contributed by atoms with Gasteiger partial charge < -0.3 is 39.9 Å². The number of nitrogens with zero attached hydrogens (tertiary/aromatic N) is 4. The number of ether oxygens (including phenoxy) is 2. The van der Waals surface area contributed by atoms with Gasteiger partial charge in [0.25, 0.3) is 0 Å². The molecule has 0 bridgehead atoms. The molecule has 15 heteroatoms. The normalized spacial score (nSPS) is 24.4. The molecule has 4 fully saturated rings. The maximum Gasteiger partial charge on any atom is 0.407 e. The molecule has 2 aromatic carbocycles. The molecule has 4 N–H and O–H groups in total. The molecule has 8 atom stereocenters. The first kappa shape index (κ1) is 38.6. The first-order valence-electron chi connectivity index (χ1n) is 20.6. The van der Waals surface area contributed by atoms with Gasteiger partial charge in [-0.3, -0.25) is 9.59 Å². The lowest BCUT2D eigenvalue weighted by molar-refractivity contribution is -0.137. The highest BCUT2D eigenvalue weighted by Gasteiger charge is 2.57. The summed E-state index contributed by atoms with van der Waals surface area (Å²) in [7, 11) is 2.56. The number of hydrogen-bond donors (Lipinski definition) is 4. The summed E-state index contributed by atoms with van der Waals surface area (Å²) in [5.41, 5.74) is 6.01. The average molecular weight is 805 g/mol.